The number of benzene rings is 1. The lowest BCUT2D eigenvalue weighted by Crippen LogP contribution is -2.42. The van der Waals surface area contributed by atoms with Gasteiger partial charge in [0.05, 0.1) is 19.0 Å². The molecule has 0 unspecified atom stereocenters. The Kier molecular flexibility index (Phi) is 7.79. The third kappa shape index (κ3) is 5.53. The number of methoxy groups -OCH3 is 1. The van der Waals surface area contributed by atoms with Gasteiger partial charge in [0.2, 0.25) is 11.9 Å². The highest BCUT2D eigenvalue weighted by atomic mass is 16.5. The molecule has 0 aliphatic carbocycles. The van der Waals surface area contributed by atoms with Gasteiger partial charge in [-0.1, -0.05) is 19.9 Å². The van der Waals surface area contributed by atoms with Gasteiger partial charge in [-0.05, 0) is 69.9 Å². The second-order valence-corrected chi connectivity index (χ2v) is 10.3. The van der Waals surface area contributed by atoms with E-state index in [1.54, 1.807) is 12.0 Å². The number of piperidine rings is 1. The molecule has 0 saturated carbocycles. The van der Waals surface area contributed by atoms with Gasteiger partial charge in [-0.3, -0.25) is 4.79 Å². The van der Waals surface area contributed by atoms with Crippen LogP contribution < -0.4 is 19.4 Å². The Balaban J connectivity index is 1.81. The van der Waals surface area contributed by atoms with Crippen LogP contribution in [0, 0.1) is 12.8 Å². The molecular formula is C27H40N6O2. The molecule has 8 heteroatoms. The molecule has 8 nitrogen and oxygen atoms in total. The lowest BCUT2D eigenvalue weighted by Gasteiger charge is -2.38. The minimum absolute atomic E-state index is 0.0991. The molecule has 4 rings (SSSR count). The summed E-state index contributed by atoms with van der Waals surface area (Å²) >= 11 is 0. The molecule has 0 N–H and O–H groups in total. The summed E-state index contributed by atoms with van der Waals surface area (Å²) in [4.78, 5) is 31.3. The Hall–Kier alpha value is -2.87. The maximum atomic E-state index is 12.7. The number of amides is 1. The molecule has 3 heterocycles. The number of likely N-dealkylation sites (tertiary alicyclic amines) is 1. The fraction of sp³-hybridized carbons (Fsp3) is 0.593. The zero-order valence-corrected chi connectivity index (χ0v) is 22.1. The maximum absolute atomic E-state index is 12.7. The lowest BCUT2D eigenvalue weighted by molar-refractivity contribution is -0.118. The van der Waals surface area contributed by atoms with Crippen molar-refractivity contribution in [3.8, 4) is 5.75 Å². The number of rotatable bonds is 7. The molecule has 190 valence electrons. The van der Waals surface area contributed by atoms with Crippen molar-refractivity contribution < 1.29 is 9.53 Å². The summed E-state index contributed by atoms with van der Waals surface area (Å²) in [5.41, 5.74) is 2.91. The smallest absolute Gasteiger partial charge is 0.232 e. The monoisotopic (exact) mass is 480 g/mol. The molecule has 0 spiro atoms. The first-order valence-corrected chi connectivity index (χ1v) is 12.8. The van der Waals surface area contributed by atoms with E-state index in [1.165, 1.54) is 0 Å². The molecule has 2 aliphatic rings. The number of carbonyl (C=O) groups excluding carboxylic acids is 1. The van der Waals surface area contributed by atoms with Crippen LogP contribution in [0.5, 0.6) is 5.75 Å². The van der Waals surface area contributed by atoms with E-state index in [9.17, 15) is 4.79 Å². The number of ether oxygens (including phenoxy) is 1. The number of carbonyl (C=O) groups is 1. The van der Waals surface area contributed by atoms with Crippen LogP contribution in [0.3, 0.4) is 0 Å². The first-order valence-electron chi connectivity index (χ1n) is 12.8. The van der Waals surface area contributed by atoms with Crippen molar-refractivity contribution in [2.24, 2.45) is 5.92 Å². The largest absolute Gasteiger partial charge is 0.495 e. The maximum Gasteiger partial charge on any atom is 0.232 e. The number of nitrogens with zero attached hydrogens (tertiary/aromatic N) is 6. The second-order valence-electron chi connectivity index (χ2n) is 10.3. The highest BCUT2D eigenvalue weighted by Crippen LogP contribution is 2.39. The topological polar surface area (TPSA) is 65.0 Å². The SMILES string of the molecule is COc1cc(C)ccc1N(c1ncc2c(n1)N(CCC(C)C)CCC(=O)N2C)C1CCN(C)CC1. The Morgan fingerprint density at radius 3 is 2.60 bits per heavy atom. The minimum atomic E-state index is 0.0991. The van der Waals surface area contributed by atoms with E-state index in [-0.39, 0.29) is 11.9 Å². The van der Waals surface area contributed by atoms with Gasteiger partial charge in [-0.25, -0.2) is 4.98 Å². The van der Waals surface area contributed by atoms with E-state index in [2.05, 4.69) is 60.7 Å². The van der Waals surface area contributed by atoms with E-state index in [4.69, 9.17) is 14.7 Å². The normalized spacial score (nSPS) is 17.5. The highest BCUT2D eigenvalue weighted by molar-refractivity contribution is 5.97. The van der Waals surface area contributed by atoms with Gasteiger partial charge >= 0.3 is 0 Å². The molecule has 2 aromatic rings. The van der Waals surface area contributed by atoms with Crippen molar-refractivity contribution in [1.82, 2.24) is 14.9 Å². The fourth-order valence-corrected chi connectivity index (χ4v) is 4.92. The zero-order chi connectivity index (χ0) is 25.1. The first kappa shape index (κ1) is 25.2. The third-order valence-electron chi connectivity index (χ3n) is 7.21. The average Bonchev–Trinajstić information content (AvgIpc) is 2.96. The fourth-order valence-electron chi connectivity index (χ4n) is 4.92. The summed E-state index contributed by atoms with van der Waals surface area (Å²) in [5, 5.41) is 0. The molecule has 1 aromatic heterocycles. The van der Waals surface area contributed by atoms with Crippen LogP contribution >= 0.6 is 0 Å². The van der Waals surface area contributed by atoms with E-state index >= 15 is 0 Å². The van der Waals surface area contributed by atoms with E-state index < -0.39 is 0 Å². The lowest BCUT2D eigenvalue weighted by atomic mass is 10.0. The number of hydrogen-bond donors (Lipinski definition) is 0. The Labute approximate surface area is 209 Å². The van der Waals surface area contributed by atoms with E-state index in [1.807, 2.05) is 13.2 Å². The summed E-state index contributed by atoms with van der Waals surface area (Å²) in [6.45, 7) is 10.1. The van der Waals surface area contributed by atoms with Gasteiger partial charge in [0.1, 0.15) is 11.4 Å². The summed E-state index contributed by atoms with van der Waals surface area (Å²) in [6.07, 6.45) is 5.38. The zero-order valence-electron chi connectivity index (χ0n) is 22.1. The number of fused-ring (bicyclic) bond motifs is 1. The number of aromatic nitrogens is 2. The van der Waals surface area contributed by atoms with E-state index in [0.29, 0.717) is 24.8 Å². The number of anilines is 4. The predicted octanol–water partition coefficient (Wildman–Crippen LogP) is 4.24. The molecule has 0 radical (unpaired) electrons. The summed E-state index contributed by atoms with van der Waals surface area (Å²) in [5.74, 6) is 3.00. The molecular weight excluding hydrogens is 440 g/mol. The minimum Gasteiger partial charge on any atom is -0.495 e. The van der Waals surface area contributed by atoms with Crippen molar-refractivity contribution >= 4 is 29.0 Å². The van der Waals surface area contributed by atoms with Crippen LogP contribution in [0.4, 0.5) is 23.1 Å². The highest BCUT2D eigenvalue weighted by Gasteiger charge is 2.31. The third-order valence-corrected chi connectivity index (χ3v) is 7.21. The van der Waals surface area contributed by atoms with Gasteiger partial charge in [0, 0.05) is 32.6 Å². The predicted molar refractivity (Wildman–Crippen MR) is 142 cm³/mol. The summed E-state index contributed by atoms with van der Waals surface area (Å²) < 4.78 is 5.82. The quantitative estimate of drug-likeness (QED) is 0.587. The van der Waals surface area contributed by atoms with Gasteiger partial charge in [0.25, 0.3) is 0 Å². The molecule has 35 heavy (non-hydrogen) atoms. The van der Waals surface area contributed by atoms with E-state index in [0.717, 1.165) is 67.4 Å². The average molecular weight is 481 g/mol. The molecule has 1 amide bonds. The van der Waals surface area contributed by atoms with Gasteiger partial charge in [-0.15, -0.1) is 0 Å². The second kappa shape index (κ2) is 10.8. The Morgan fingerprint density at radius 2 is 1.91 bits per heavy atom. The van der Waals surface area contributed by atoms with Crippen LogP contribution in [-0.4, -0.2) is 74.2 Å². The van der Waals surface area contributed by atoms with Crippen molar-refractivity contribution in [3.63, 3.8) is 0 Å². The van der Waals surface area contributed by atoms with Crippen molar-refractivity contribution in [2.45, 2.75) is 52.5 Å². The van der Waals surface area contributed by atoms with Gasteiger partial charge in [0.15, 0.2) is 5.82 Å². The van der Waals surface area contributed by atoms with Crippen LogP contribution in [0.1, 0.15) is 45.1 Å². The van der Waals surface area contributed by atoms with Gasteiger partial charge in [-0.2, -0.15) is 4.98 Å². The summed E-state index contributed by atoms with van der Waals surface area (Å²) in [7, 11) is 5.72. The van der Waals surface area contributed by atoms with Crippen molar-refractivity contribution in [3.05, 3.63) is 30.0 Å². The van der Waals surface area contributed by atoms with Crippen LogP contribution in [0.2, 0.25) is 0 Å². The molecule has 2 aliphatic heterocycles. The first-order chi connectivity index (χ1) is 16.8. The standard InChI is InChI=1S/C27H40N6O2/c1-19(2)9-15-32-16-12-25(34)31(5)23-18-28-27(29-26(23)32)33(21-10-13-30(4)14-11-21)22-8-7-20(3)17-24(22)35-6/h7-8,17-19,21H,9-16H2,1-6H3. The van der Waals surface area contributed by atoms with Crippen LogP contribution in [-0.2, 0) is 4.79 Å². The molecule has 1 fully saturated rings. The number of hydrogen-bond acceptors (Lipinski definition) is 7. The van der Waals surface area contributed by atoms with Gasteiger partial charge < -0.3 is 24.3 Å². The van der Waals surface area contributed by atoms with Crippen molar-refractivity contribution in [1.29, 1.82) is 0 Å². The molecule has 1 aromatic carbocycles. The molecule has 0 bridgehead atoms. The Bertz CT molecular complexity index is 1030. The van der Waals surface area contributed by atoms with Crippen LogP contribution in [0.15, 0.2) is 24.4 Å². The summed E-state index contributed by atoms with van der Waals surface area (Å²) in [6, 6.07) is 6.57. The van der Waals surface area contributed by atoms with Crippen molar-refractivity contribution in [2.75, 3.05) is 62.1 Å². The van der Waals surface area contributed by atoms with Crippen LogP contribution in [0.25, 0.3) is 0 Å². The molecule has 1 saturated heterocycles. The molecule has 0 atom stereocenters. The number of aryl methyl sites for hydroxylation is 1. The Morgan fingerprint density at radius 1 is 1.17 bits per heavy atom.